The lowest BCUT2D eigenvalue weighted by atomic mass is 10.0. The number of nitrogens with one attached hydrogen (secondary N) is 3. The third-order valence-corrected chi connectivity index (χ3v) is 6.62. The Labute approximate surface area is 251 Å². The van der Waals surface area contributed by atoms with E-state index in [-0.39, 0.29) is 43.9 Å². The first-order valence-electron chi connectivity index (χ1n) is 14.3. The minimum absolute atomic E-state index is 0.00537. The largest absolute Gasteiger partial charge is 0.445 e. The van der Waals surface area contributed by atoms with Gasteiger partial charge in [0.2, 0.25) is 11.8 Å². The number of amides is 4. The molecule has 0 aliphatic carbocycles. The van der Waals surface area contributed by atoms with Gasteiger partial charge in [-0.25, -0.2) is 9.59 Å². The number of pyridine rings is 2. The molecule has 1 aliphatic heterocycles. The van der Waals surface area contributed by atoms with Gasteiger partial charge in [-0.05, 0) is 60.1 Å². The molecule has 3 N–H and O–H groups in total. The fraction of sp³-hybridized carbons (Fsp3) is 0.500. The molecule has 1 unspecified atom stereocenters. The molecule has 1 aliphatic rings. The molecule has 13 heteroatoms. The van der Waals surface area contributed by atoms with Crippen molar-refractivity contribution in [3.63, 3.8) is 0 Å². The van der Waals surface area contributed by atoms with Crippen LogP contribution in [0.3, 0.4) is 0 Å². The van der Waals surface area contributed by atoms with Gasteiger partial charge < -0.3 is 30.3 Å². The lowest BCUT2D eigenvalue weighted by Gasteiger charge is -2.25. The topological polar surface area (TPSA) is 169 Å². The molecular weight excluding hydrogens is 556 g/mol. The number of rotatable bonds is 13. The van der Waals surface area contributed by atoms with Gasteiger partial charge in [0.05, 0.1) is 6.54 Å². The van der Waals surface area contributed by atoms with Crippen LogP contribution in [0.1, 0.15) is 51.7 Å². The van der Waals surface area contributed by atoms with Crippen molar-refractivity contribution in [3.8, 4) is 0 Å². The van der Waals surface area contributed by atoms with Crippen LogP contribution in [-0.2, 0) is 37.1 Å². The molecule has 232 valence electrons. The van der Waals surface area contributed by atoms with E-state index >= 15 is 0 Å². The van der Waals surface area contributed by atoms with Gasteiger partial charge >= 0.3 is 12.2 Å². The highest BCUT2D eigenvalue weighted by Crippen LogP contribution is 2.14. The number of ether oxygens (including phenoxy) is 2. The van der Waals surface area contributed by atoms with Crippen LogP contribution in [0.2, 0.25) is 0 Å². The van der Waals surface area contributed by atoms with E-state index in [1.807, 2.05) is 27.7 Å². The first kappa shape index (κ1) is 33.0. The van der Waals surface area contributed by atoms with Gasteiger partial charge in [-0.15, -0.1) is 0 Å². The summed E-state index contributed by atoms with van der Waals surface area (Å²) in [7, 11) is 0. The van der Waals surface area contributed by atoms with Gasteiger partial charge in [-0.1, -0.05) is 27.7 Å². The van der Waals surface area contributed by atoms with Crippen molar-refractivity contribution < 1.29 is 33.4 Å². The summed E-state index contributed by atoms with van der Waals surface area (Å²) in [5, 5.41) is 7.88. The lowest BCUT2D eigenvalue weighted by Crippen LogP contribution is -2.53. The minimum atomic E-state index is -0.959. The van der Waals surface area contributed by atoms with Crippen molar-refractivity contribution in [2.24, 2.45) is 11.8 Å². The van der Waals surface area contributed by atoms with Crippen molar-refractivity contribution in [1.82, 2.24) is 30.8 Å². The molecule has 0 bridgehead atoms. The molecule has 13 nitrogen and oxygen atoms in total. The van der Waals surface area contributed by atoms with E-state index in [2.05, 4.69) is 25.9 Å². The second-order valence-electron chi connectivity index (χ2n) is 11.3. The smallest absolute Gasteiger partial charge is 0.408 e. The number of aromatic nitrogens is 2. The van der Waals surface area contributed by atoms with E-state index in [1.54, 1.807) is 49.1 Å². The fourth-order valence-corrected chi connectivity index (χ4v) is 4.49. The maximum Gasteiger partial charge on any atom is 0.408 e. The Morgan fingerprint density at radius 1 is 0.814 bits per heavy atom. The van der Waals surface area contributed by atoms with Crippen LogP contribution >= 0.6 is 0 Å². The number of hydrogen-bond donors (Lipinski definition) is 3. The van der Waals surface area contributed by atoms with E-state index in [0.29, 0.717) is 12.8 Å². The van der Waals surface area contributed by atoms with Crippen molar-refractivity contribution in [2.75, 3.05) is 13.1 Å². The summed E-state index contributed by atoms with van der Waals surface area (Å²) in [5.41, 5.74) is 1.48. The van der Waals surface area contributed by atoms with Crippen molar-refractivity contribution in [3.05, 3.63) is 60.2 Å². The van der Waals surface area contributed by atoms with E-state index < -0.39 is 42.1 Å². The zero-order valence-electron chi connectivity index (χ0n) is 24.9. The second kappa shape index (κ2) is 16.2. The molecule has 0 saturated carbocycles. The van der Waals surface area contributed by atoms with Crippen LogP contribution in [0.5, 0.6) is 0 Å². The standard InChI is InChI=1S/C30H40N6O7/c1-19(2)13-23(34-29(40)42-17-21-5-9-31-10-6-21)27(38)33-25-15-36(16-26(25)37)28(39)24(14-20(3)4)35-30(41)43-18-22-7-11-32-12-8-22/h5-12,19-20,23-25H,13-18H2,1-4H3,(H,33,38)(H,34,40)(H,35,41)/t23-,24-,25?/m0/s1. The maximum atomic E-state index is 13.4. The SMILES string of the molecule is CC(C)C[C@H](NC(=O)OCc1ccncc1)C(=O)NC1CN(C(=O)[C@H](CC(C)C)NC(=O)OCc2ccncc2)CC1=O. The summed E-state index contributed by atoms with van der Waals surface area (Å²) in [6.07, 6.45) is 5.42. The fourth-order valence-electron chi connectivity index (χ4n) is 4.49. The summed E-state index contributed by atoms with van der Waals surface area (Å²) < 4.78 is 10.5. The number of ketones is 1. The molecule has 2 aromatic rings. The zero-order chi connectivity index (χ0) is 31.4. The Kier molecular flexibility index (Phi) is 12.4. The van der Waals surface area contributed by atoms with Crippen LogP contribution in [0.25, 0.3) is 0 Å². The third kappa shape index (κ3) is 11.0. The molecule has 3 rings (SSSR count). The van der Waals surface area contributed by atoms with Crippen LogP contribution in [-0.4, -0.2) is 75.9 Å². The normalized spacial score (nSPS) is 16.0. The minimum Gasteiger partial charge on any atom is -0.445 e. The third-order valence-electron chi connectivity index (χ3n) is 6.62. The monoisotopic (exact) mass is 596 g/mol. The molecule has 43 heavy (non-hydrogen) atoms. The predicted octanol–water partition coefficient (Wildman–Crippen LogP) is 2.35. The van der Waals surface area contributed by atoms with Crippen LogP contribution < -0.4 is 16.0 Å². The molecule has 4 amide bonds. The molecular formula is C30H40N6O7. The number of Topliss-reactive ketones (excluding diaryl/α,β-unsaturated/α-hetero) is 1. The Hall–Kier alpha value is -4.55. The number of hydrogen-bond acceptors (Lipinski definition) is 9. The van der Waals surface area contributed by atoms with Crippen molar-refractivity contribution in [1.29, 1.82) is 0 Å². The highest BCUT2D eigenvalue weighted by Gasteiger charge is 2.39. The van der Waals surface area contributed by atoms with Gasteiger partial charge in [0, 0.05) is 31.3 Å². The van der Waals surface area contributed by atoms with Gasteiger partial charge in [-0.3, -0.25) is 24.4 Å². The Morgan fingerprint density at radius 2 is 1.28 bits per heavy atom. The Morgan fingerprint density at radius 3 is 1.77 bits per heavy atom. The molecule has 0 radical (unpaired) electrons. The summed E-state index contributed by atoms with van der Waals surface area (Å²) >= 11 is 0. The number of carbonyl (C=O) groups excluding carboxylic acids is 5. The molecule has 3 heterocycles. The molecule has 3 atom stereocenters. The maximum absolute atomic E-state index is 13.4. The van der Waals surface area contributed by atoms with Crippen molar-refractivity contribution in [2.45, 2.75) is 71.9 Å². The highest BCUT2D eigenvalue weighted by molar-refractivity contribution is 5.98. The number of alkyl carbamates (subject to hydrolysis) is 2. The molecule has 0 spiro atoms. The van der Waals surface area contributed by atoms with Crippen LogP contribution in [0.4, 0.5) is 9.59 Å². The van der Waals surface area contributed by atoms with Gasteiger partial charge in [0.1, 0.15) is 31.3 Å². The Bertz CT molecular complexity index is 1240. The summed E-state index contributed by atoms with van der Waals surface area (Å²) in [6, 6.07) is 4.00. The highest BCUT2D eigenvalue weighted by atomic mass is 16.6. The second-order valence-corrected chi connectivity index (χ2v) is 11.3. The first-order valence-corrected chi connectivity index (χ1v) is 14.3. The number of likely N-dealkylation sites (tertiary alicyclic amines) is 1. The molecule has 1 saturated heterocycles. The molecule has 2 aromatic heterocycles. The number of nitrogens with zero attached hydrogens (tertiary/aromatic N) is 3. The average Bonchev–Trinajstić information content (AvgIpc) is 3.34. The number of carbonyl (C=O) groups is 5. The van der Waals surface area contributed by atoms with E-state index in [4.69, 9.17) is 9.47 Å². The molecule has 0 aromatic carbocycles. The summed E-state index contributed by atoms with van der Waals surface area (Å²) in [5.74, 6) is -1.25. The van der Waals surface area contributed by atoms with Crippen LogP contribution in [0, 0.1) is 11.8 Å². The summed E-state index contributed by atoms with van der Waals surface area (Å²) in [4.78, 5) is 73.5. The predicted molar refractivity (Wildman–Crippen MR) is 155 cm³/mol. The summed E-state index contributed by atoms with van der Waals surface area (Å²) in [6.45, 7) is 7.35. The lowest BCUT2D eigenvalue weighted by molar-refractivity contribution is -0.134. The van der Waals surface area contributed by atoms with Gasteiger partial charge in [0.25, 0.3) is 0 Å². The van der Waals surface area contributed by atoms with E-state index in [1.165, 1.54) is 4.90 Å². The van der Waals surface area contributed by atoms with Gasteiger partial charge in [-0.2, -0.15) is 0 Å². The van der Waals surface area contributed by atoms with E-state index in [0.717, 1.165) is 11.1 Å². The van der Waals surface area contributed by atoms with Crippen LogP contribution in [0.15, 0.2) is 49.1 Å². The van der Waals surface area contributed by atoms with Gasteiger partial charge in [0.15, 0.2) is 5.78 Å². The molecule has 1 fully saturated rings. The average molecular weight is 597 g/mol. The Balaban J connectivity index is 1.57. The van der Waals surface area contributed by atoms with Crippen molar-refractivity contribution >= 4 is 29.8 Å². The quantitative estimate of drug-likeness (QED) is 0.314. The zero-order valence-corrected chi connectivity index (χ0v) is 24.9. The first-order chi connectivity index (χ1) is 20.5. The van der Waals surface area contributed by atoms with E-state index in [9.17, 15) is 24.0 Å².